The molecule has 1 saturated heterocycles. The van der Waals surface area contributed by atoms with Gasteiger partial charge in [0.1, 0.15) is 5.82 Å². The number of nitrogens with one attached hydrogen (secondary N) is 1. The molecule has 0 bridgehead atoms. The molecular weight excluding hydrogens is 314 g/mol. The van der Waals surface area contributed by atoms with Crippen molar-refractivity contribution in [1.82, 2.24) is 9.78 Å². The van der Waals surface area contributed by atoms with Crippen molar-refractivity contribution < 1.29 is 4.79 Å². The average Bonchev–Trinajstić information content (AvgIpc) is 2.95. The van der Waals surface area contributed by atoms with Crippen LogP contribution in [0.2, 0.25) is 0 Å². The number of aryl methyl sites for hydroxylation is 1. The highest BCUT2D eigenvalue weighted by Gasteiger charge is 2.23. The first kappa shape index (κ1) is 15.5. The normalized spacial score (nSPS) is 18.1. The zero-order valence-electron chi connectivity index (χ0n) is 12.5. The first-order chi connectivity index (χ1) is 10.7. The fourth-order valence-electron chi connectivity index (χ4n) is 2.39. The Kier molecular flexibility index (Phi) is 5.10. The molecule has 2 heterocycles. The van der Waals surface area contributed by atoms with Crippen molar-refractivity contribution in [2.45, 2.75) is 18.7 Å². The van der Waals surface area contributed by atoms with E-state index in [9.17, 15) is 4.79 Å². The smallest absolute Gasteiger partial charge is 0.239 e. The molecule has 1 atom stereocenters. The van der Waals surface area contributed by atoms with E-state index < -0.39 is 0 Å². The van der Waals surface area contributed by atoms with Gasteiger partial charge in [0.05, 0.1) is 18.0 Å². The molecule has 1 fully saturated rings. The van der Waals surface area contributed by atoms with Crippen molar-refractivity contribution in [3.8, 4) is 0 Å². The van der Waals surface area contributed by atoms with Gasteiger partial charge >= 0.3 is 0 Å². The number of thioether (sulfide) groups is 2. The fourth-order valence-corrected chi connectivity index (χ4v) is 4.95. The van der Waals surface area contributed by atoms with Gasteiger partial charge in [0.2, 0.25) is 5.91 Å². The van der Waals surface area contributed by atoms with Gasteiger partial charge in [0.15, 0.2) is 0 Å². The van der Waals surface area contributed by atoms with Crippen LogP contribution in [0.1, 0.15) is 11.1 Å². The average molecular weight is 333 g/mol. The predicted octanol–water partition coefficient (Wildman–Crippen LogP) is 3.03. The van der Waals surface area contributed by atoms with Gasteiger partial charge < -0.3 is 5.32 Å². The predicted molar refractivity (Wildman–Crippen MR) is 94.7 cm³/mol. The van der Waals surface area contributed by atoms with Gasteiger partial charge in [-0.2, -0.15) is 16.9 Å². The molecule has 116 valence electrons. The van der Waals surface area contributed by atoms with E-state index in [-0.39, 0.29) is 11.2 Å². The number of aromatic nitrogens is 2. The maximum absolute atomic E-state index is 12.3. The molecule has 0 unspecified atom stereocenters. The highest BCUT2D eigenvalue weighted by Crippen LogP contribution is 2.25. The number of nitrogens with zero attached hydrogens (tertiary/aromatic N) is 2. The summed E-state index contributed by atoms with van der Waals surface area (Å²) in [5, 5.41) is 7.39. The van der Waals surface area contributed by atoms with Gasteiger partial charge in [-0.1, -0.05) is 29.8 Å². The Morgan fingerprint density at radius 2 is 2.32 bits per heavy atom. The van der Waals surface area contributed by atoms with Crippen molar-refractivity contribution in [2.24, 2.45) is 0 Å². The molecule has 1 aromatic carbocycles. The summed E-state index contributed by atoms with van der Waals surface area (Å²) in [6, 6.07) is 10.2. The molecule has 3 rings (SSSR count). The Morgan fingerprint density at radius 3 is 3.09 bits per heavy atom. The van der Waals surface area contributed by atoms with E-state index in [1.807, 2.05) is 28.6 Å². The van der Waals surface area contributed by atoms with Crippen LogP contribution in [0.5, 0.6) is 0 Å². The van der Waals surface area contributed by atoms with Crippen molar-refractivity contribution in [1.29, 1.82) is 0 Å². The van der Waals surface area contributed by atoms with E-state index in [1.165, 1.54) is 11.1 Å². The van der Waals surface area contributed by atoms with Gasteiger partial charge in [0.25, 0.3) is 0 Å². The van der Waals surface area contributed by atoms with Crippen LogP contribution in [0.15, 0.2) is 36.5 Å². The summed E-state index contributed by atoms with van der Waals surface area (Å²) < 4.78 is 1.84. The van der Waals surface area contributed by atoms with Crippen LogP contribution in [0.4, 0.5) is 5.82 Å². The molecule has 4 nitrogen and oxygen atoms in total. The van der Waals surface area contributed by atoms with E-state index >= 15 is 0 Å². The number of carbonyl (C=O) groups is 1. The molecular formula is C16H19N3OS2. The SMILES string of the molecule is Cc1cccc(Cn2nccc2NC(=O)[C@H]2CSCCS2)c1. The summed E-state index contributed by atoms with van der Waals surface area (Å²) in [6.07, 6.45) is 1.73. The molecule has 6 heteroatoms. The number of benzene rings is 1. The lowest BCUT2D eigenvalue weighted by atomic mass is 10.1. The number of amides is 1. The van der Waals surface area contributed by atoms with Crippen LogP contribution in [0, 0.1) is 6.92 Å². The third-order valence-electron chi connectivity index (χ3n) is 3.49. The third kappa shape index (κ3) is 3.87. The van der Waals surface area contributed by atoms with Crippen LogP contribution in [-0.2, 0) is 11.3 Å². The van der Waals surface area contributed by atoms with Crippen LogP contribution in [0.25, 0.3) is 0 Å². The Balaban J connectivity index is 1.68. The molecule has 0 spiro atoms. The van der Waals surface area contributed by atoms with Crippen molar-refractivity contribution in [3.05, 3.63) is 47.7 Å². The molecule has 1 aliphatic rings. The Hall–Kier alpha value is -1.40. The van der Waals surface area contributed by atoms with E-state index in [0.29, 0.717) is 6.54 Å². The lowest BCUT2D eigenvalue weighted by Crippen LogP contribution is -2.31. The van der Waals surface area contributed by atoms with E-state index in [2.05, 4.69) is 35.5 Å². The van der Waals surface area contributed by atoms with Gasteiger partial charge in [-0.15, -0.1) is 11.8 Å². The number of anilines is 1. The zero-order valence-corrected chi connectivity index (χ0v) is 14.1. The molecule has 1 amide bonds. The third-order valence-corrected chi connectivity index (χ3v) is 6.25. The molecule has 0 radical (unpaired) electrons. The lowest BCUT2D eigenvalue weighted by Gasteiger charge is -2.20. The highest BCUT2D eigenvalue weighted by molar-refractivity contribution is 8.07. The molecule has 2 aromatic rings. The maximum Gasteiger partial charge on any atom is 0.239 e. The first-order valence-corrected chi connectivity index (χ1v) is 9.50. The van der Waals surface area contributed by atoms with Crippen LogP contribution < -0.4 is 5.32 Å². The van der Waals surface area contributed by atoms with Crippen LogP contribution in [-0.4, -0.2) is 38.2 Å². The summed E-state index contributed by atoms with van der Waals surface area (Å²) in [4.78, 5) is 12.3. The highest BCUT2D eigenvalue weighted by atomic mass is 32.2. The monoisotopic (exact) mass is 333 g/mol. The van der Waals surface area contributed by atoms with Crippen molar-refractivity contribution in [3.63, 3.8) is 0 Å². The zero-order chi connectivity index (χ0) is 15.4. The van der Waals surface area contributed by atoms with Crippen molar-refractivity contribution in [2.75, 3.05) is 22.6 Å². The quantitative estimate of drug-likeness (QED) is 0.934. The van der Waals surface area contributed by atoms with E-state index in [1.54, 1.807) is 18.0 Å². The van der Waals surface area contributed by atoms with Gasteiger partial charge in [-0.25, -0.2) is 4.68 Å². The first-order valence-electron chi connectivity index (χ1n) is 7.30. The molecule has 1 N–H and O–H groups in total. The van der Waals surface area contributed by atoms with Crippen LogP contribution in [0.3, 0.4) is 0 Å². The maximum atomic E-state index is 12.3. The van der Waals surface area contributed by atoms with E-state index in [4.69, 9.17) is 0 Å². The number of carbonyl (C=O) groups excluding carboxylic acids is 1. The standard InChI is InChI=1S/C16H19N3OS2/c1-12-3-2-4-13(9-12)10-19-15(5-6-17-19)18-16(20)14-11-21-7-8-22-14/h2-6,9,14H,7-8,10-11H2,1H3,(H,18,20)/t14-/m1/s1. The molecule has 0 aliphatic carbocycles. The minimum atomic E-state index is 0.0427. The Morgan fingerprint density at radius 1 is 1.41 bits per heavy atom. The van der Waals surface area contributed by atoms with Gasteiger partial charge in [-0.05, 0) is 12.5 Å². The van der Waals surface area contributed by atoms with Gasteiger partial charge in [-0.3, -0.25) is 4.79 Å². The van der Waals surface area contributed by atoms with Crippen LogP contribution >= 0.6 is 23.5 Å². The minimum absolute atomic E-state index is 0.0427. The summed E-state index contributed by atoms with van der Waals surface area (Å²) in [7, 11) is 0. The second-order valence-electron chi connectivity index (χ2n) is 5.29. The summed E-state index contributed by atoms with van der Waals surface area (Å²) in [6.45, 7) is 2.74. The Labute approximate surface area is 139 Å². The second-order valence-corrected chi connectivity index (χ2v) is 7.75. The summed E-state index contributed by atoms with van der Waals surface area (Å²) in [5.41, 5.74) is 2.41. The second kappa shape index (κ2) is 7.24. The van der Waals surface area contributed by atoms with Crippen molar-refractivity contribution >= 4 is 35.2 Å². The number of hydrogen-bond acceptors (Lipinski definition) is 4. The molecule has 22 heavy (non-hydrogen) atoms. The summed E-state index contributed by atoms with van der Waals surface area (Å²) >= 11 is 3.59. The topological polar surface area (TPSA) is 46.9 Å². The number of rotatable bonds is 4. The van der Waals surface area contributed by atoms with E-state index in [0.717, 1.165) is 23.1 Å². The minimum Gasteiger partial charge on any atom is -0.310 e. The largest absolute Gasteiger partial charge is 0.310 e. The van der Waals surface area contributed by atoms with Gasteiger partial charge in [0, 0.05) is 23.3 Å². The molecule has 0 saturated carbocycles. The lowest BCUT2D eigenvalue weighted by molar-refractivity contribution is -0.115. The fraction of sp³-hybridized carbons (Fsp3) is 0.375. The molecule has 1 aromatic heterocycles. The summed E-state index contributed by atoms with van der Waals surface area (Å²) in [5.74, 6) is 3.93. The Bertz CT molecular complexity index is 650. The molecule has 1 aliphatic heterocycles. The number of hydrogen-bond donors (Lipinski definition) is 1.